The molecule has 4 aromatic rings. The number of alkyl carbamates (subject to hydrolysis) is 1. The summed E-state index contributed by atoms with van der Waals surface area (Å²) in [6.45, 7) is 3.80. The predicted molar refractivity (Wildman–Crippen MR) is 148 cm³/mol. The zero-order valence-electron chi connectivity index (χ0n) is 23.0. The first kappa shape index (κ1) is 29.5. The largest absolute Gasteiger partial charge is 0.486 e. The van der Waals surface area contributed by atoms with E-state index in [0.29, 0.717) is 5.75 Å². The molecule has 0 unspecified atom stereocenters. The van der Waals surface area contributed by atoms with Gasteiger partial charge in [0.1, 0.15) is 37.2 Å². The molecule has 1 aliphatic heterocycles. The lowest BCUT2D eigenvalue weighted by atomic mass is 10.0. The zero-order chi connectivity index (χ0) is 30.7. The molecule has 0 saturated carbocycles. The summed E-state index contributed by atoms with van der Waals surface area (Å²) in [5.41, 5.74) is -1.40. The highest BCUT2D eigenvalue weighted by atomic mass is 19.4. The number of amides is 1. The Bertz CT molecular complexity index is 1720. The highest BCUT2D eigenvalue weighted by Gasteiger charge is 2.40. The molecule has 0 radical (unpaired) electrons. The van der Waals surface area contributed by atoms with Gasteiger partial charge in [-0.15, -0.1) is 0 Å². The number of carbonyl (C=O) groups is 2. The Morgan fingerprint density at radius 2 is 1.67 bits per heavy atom. The molecule has 0 aliphatic carbocycles. The average molecular weight is 598 g/mol. The number of nitrogens with one attached hydrogen (secondary N) is 1. The zero-order valence-corrected chi connectivity index (χ0v) is 23.0. The summed E-state index contributed by atoms with van der Waals surface area (Å²) in [6.07, 6.45) is -5.89. The Kier molecular flexibility index (Phi) is 8.29. The number of hydrogen-bond donors (Lipinski definition) is 1. The standard InChI is InChI=1S/C31H26F3NO8/c1-17(2)26(35-30(38)41-16-18-6-4-3-5-7-18)29(37)42-20-9-10-21-23(15-20)43-28(31(32,33)34)25(27(21)36)19-8-11-22-24(14-19)40-13-12-39-22/h3-11,14-15,17,26H,12-13,16H2,1-2H3,(H,35,38)/t26-/m0/s1. The number of benzene rings is 3. The fourth-order valence-electron chi connectivity index (χ4n) is 4.47. The van der Waals surface area contributed by atoms with Crippen molar-refractivity contribution in [3.8, 4) is 28.4 Å². The molecule has 0 fully saturated rings. The van der Waals surface area contributed by atoms with Crippen LogP contribution >= 0.6 is 0 Å². The summed E-state index contributed by atoms with van der Waals surface area (Å²) in [5, 5.41) is 2.29. The Morgan fingerprint density at radius 3 is 2.37 bits per heavy atom. The van der Waals surface area contributed by atoms with Crippen molar-refractivity contribution in [1.29, 1.82) is 0 Å². The molecule has 1 atom stereocenters. The van der Waals surface area contributed by atoms with Crippen molar-refractivity contribution in [3.05, 3.63) is 88.3 Å². The molecule has 3 aromatic carbocycles. The van der Waals surface area contributed by atoms with Crippen LogP contribution in [-0.2, 0) is 22.3 Å². The van der Waals surface area contributed by atoms with Gasteiger partial charge >= 0.3 is 18.2 Å². The molecule has 1 aromatic heterocycles. The number of ether oxygens (including phenoxy) is 4. The Hall–Kier alpha value is -5.00. The van der Waals surface area contributed by atoms with Crippen LogP contribution in [0.4, 0.5) is 18.0 Å². The van der Waals surface area contributed by atoms with Gasteiger partial charge in [-0.1, -0.05) is 50.2 Å². The highest BCUT2D eigenvalue weighted by Crippen LogP contribution is 2.40. The number of carbonyl (C=O) groups excluding carboxylic acids is 2. The van der Waals surface area contributed by atoms with Crippen LogP contribution in [0.1, 0.15) is 25.2 Å². The van der Waals surface area contributed by atoms with Crippen LogP contribution in [0.3, 0.4) is 0 Å². The van der Waals surface area contributed by atoms with Crippen molar-refractivity contribution in [3.63, 3.8) is 0 Å². The molecule has 2 heterocycles. The predicted octanol–water partition coefficient (Wildman–Crippen LogP) is 6.11. The van der Waals surface area contributed by atoms with E-state index in [1.807, 2.05) is 6.07 Å². The monoisotopic (exact) mass is 597 g/mol. The maximum absolute atomic E-state index is 14.2. The van der Waals surface area contributed by atoms with Gasteiger partial charge in [-0.25, -0.2) is 9.59 Å². The third-order valence-electron chi connectivity index (χ3n) is 6.58. The van der Waals surface area contributed by atoms with Crippen LogP contribution in [0.15, 0.2) is 75.9 Å². The van der Waals surface area contributed by atoms with E-state index in [9.17, 15) is 27.6 Å². The summed E-state index contributed by atoms with van der Waals surface area (Å²) < 4.78 is 69.1. The highest BCUT2D eigenvalue weighted by molar-refractivity contribution is 5.87. The summed E-state index contributed by atoms with van der Waals surface area (Å²) in [6, 6.07) is 15.3. The minimum Gasteiger partial charge on any atom is -0.486 e. The first-order chi connectivity index (χ1) is 20.5. The summed E-state index contributed by atoms with van der Waals surface area (Å²) in [5.74, 6) is -2.48. The molecular formula is C31H26F3NO8. The van der Waals surface area contributed by atoms with Gasteiger partial charge < -0.3 is 28.7 Å². The van der Waals surface area contributed by atoms with Crippen LogP contribution in [0.5, 0.6) is 17.2 Å². The number of rotatable bonds is 7. The fourth-order valence-corrected chi connectivity index (χ4v) is 4.47. The number of hydrogen-bond acceptors (Lipinski definition) is 8. The molecule has 224 valence electrons. The van der Waals surface area contributed by atoms with Gasteiger partial charge in [-0.05, 0) is 41.3 Å². The van der Waals surface area contributed by atoms with Gasteiger partial charge in [0.2, 0.25) is 11.2 Å². The van der Waals surface area contributed by atoms with E-state index in [1.54, 1.807) is 38.1 Å². The average Bonchev–Trinajstić information content (AvgIpc) is 2.98. The van der Waals surface area contributed by atoms with Crippen molar-refractivity contribution in [1.82, 2.24) is 5.32 Å². The molecular weight excluding hydrogens is 571 g/mol. The van der Waals surface area contributed by atoms with E-state index >= 15 is 0 Å². The molecule has 1 aliphatic rings. The lowest BCUT2D eigenvalue weighted by Crippen LogP contribution is -2.46. The van der Waals surface area contributed by atoms with Crippen LogP contribution in [0.25, 0.3) is 22.1 Å². The number of halogens is 3. The van der Waals surface area contributed by atoms with Gasteiger partial charge in [0, 0.05) is 6.07 Å². The van der Waals surface area contributed by atoms with E-state index in [-0.39, 0.29) is 42.3 Å². The normalized spacial score (nSPS) is 13.4. The van der Waals surface area contributed by atoms with Gasteiger partial charge in [-0.2, -0.15) is 13.2 Å². The molecule has 0 spiro atoms. The van der Waals surface area contributed by atoms with Gasteiger partial charge in [-0.3, -0.25) is 4.79 Å². The summed E-state index contributed by atoms with van der Waals surface area (Å²) >= 11 is 0. The maximum atomic E-state index is 14.2. The Morgan fingerprint density at radius 1 is 0.953 bits per heavy atom. The van der Waals surface area contributed by atoms with E-state index in [4.69, 9.17) is 23.4 Å². The van der Waals surface area contributed by atoms with Crippen LogP contribution in [-0.4, -0.2) is 31.3 Å². The minimum atomic E-state index is -5.03. The molecule has 0 bridgehead atoms. The van der Waals surface area contributed by atoms with Crippen LogP contribution in [0.2, 0.25) is 0 Å². The molecule has 1 N–H and O–H groups in total. The van der Waals surface area contributed by atoms with E-state index < -0.39 is 52.5 Å². The lowest BCUT2D eigenvalue weighted by molar-refractivity contribution is -0.152. The van der Waals surface area contributed by atoms with Crippen molar-refractivity contribution in [2.45, 2.75) is 32.7 Å². The SMILES string of the molecule is CC(C)[C@H](NC(=O)OCc1ccccc1)C(=O)Oc1ccc2c(=O)c(-c3ccc4c(c3)OCCO4)c(C(F)(F)F)oc2c1. The first-order valence-electron chi connectivity index (χ1n) is 13.3. The molecule has 1 amide bonds. The second-order valence-corrected chi connectivity index (χ2v) is 10.00. The number of fused-ring (bicyclic) bond motifs is 2. The summed E-state index contributed by atoms with van der Waals surface area (Å²) in [4.78, 5) is 38.7. The van der Waals surface area contributed by atoms with E-state index in [2.05, 4.69) is 5.32 Å². The molecule has 43 heavy (non-hydrogen) atoms. The number of esters is 1. The summed E-state index contributed by atoms with van der Waals surface area (Å²) in [7, 11) is 0. The van der Waals surface area contributed by atoms with Crippen molar-refractivity contribution in [2.24, 2.45) is 5.92 Å². The Labute approximate surface area is 243 Å². The van der Waals surface area contributed by atoms with E-state index in [1.165, 1.54) is 30.3 Å². The molecule has 12 heteroatoms. The van der Waals surface area contributed by atoms with Gasteiger partial charge in [0.25, 0.3) is 0 Å². The van der Waals surface area contributed by atoms with Crippen LogP contribution < -0.4 is 25.0 Å². The van der Waals surface area contributed by atoms with Crippen molar-refractivity contribution < 1.29 is 46.1 Å². The molecule has 5 rings (SSSR count). The third-order valence-corrected chi connectivity index (χ3v) is 6.58. The van der Waals surface area contributed by atoms with Crippen LogP contribution in [0, 0.1) is 5.92 Å². The second kappa shape index (κ2) is 12.1. The topological polar surface area (TPSA) is 113 Å². The Balaban J connectivity index is 1.40. The minimum absolute atomic E-state index is 0.0218. The molecule has 0 saturated heterocycles. The lowest BCUT2D eigenvalue weighted by Gasteiger charge is -2.21. The molecule has 9 nitrogen and oxygen atoms in total. The van der Waals surface area contributed by atoms with Crippen molar-refractivity contribution in [2.75, 3.05) is 13.2 Å². The fraction of sp³-hybridized carbons (Fsp3) is 0.258. The van der Waals surface area contributed by atoms with Gasteiger partial charge in [0.15, 0.2) is 11.5 Å². The number of alkyl halides is 3. The second-order valence-electron chi connectivity index (χ2n) is 10.00. The third kappa shape index (κ3) is 6.58. The first-order valence-corrected chi connectivity index (χ1v) is 13.3. The smallest absolute Gasteiger partial charge is 0.450 e. The van der Waals surface area contributed by atoms with E-state index in [0.717, 1.165) is 11.6 Å². The quantitative estimate of drug-likeness (QED) is 0.201. The van der Waals surface area contributed by atoms with Crippen molar-refractivity contribution >= 4 is 23.0 Å². The maximum Gasteiger partial charge on any atom is 0.450 e. The van der Waals surface area contributed by atoms with Gasteiger partial charge in [0.05, 0.1) is 10.9 Å².